The molecule has 0 aromatic heterocycles. The monoisotopic (exact) mass is 213 g/mol. The fourth-order valence-electron chi connectivity index (χ4n) is 2.10. The third-order valence-corrected chi connectivity index (χ3v) is 2.86. The van der Waals surface area contributed by atoms with Gasteiger partial charge in [-0.1, -0.05) is 6.42 Å². The average Bonchev–Trinajstić information content (AvgIpc) is 2.59. The molecule has 1 unspecified atom stereocenters. The normalized spacial score (nSPS) is 21.9. The van der Waals surface area contributed by atoms with Gasteiger partial charge in [0.15, 0.2) is 0 Å². The van der Waals surface area contributed by atoms with E-state index in [0.29, 0.717) is 6.04 Å². The maximum atomic E-state index is 10.9. The molecule has 1 fully saturated rings. The molecule has 15 heavy (non-hydrogen) atoms. The Morgan fingerprint density at radius 2 is 2.27 bits per heavy atom. The Hall–Kier alpha value is -0.610. The lowest BCUT2D eigenvalue weighted by molar-refractivity contribution is -0.119. The molecule has 1 amide bonds. The summed E-state index contributed by atoms with van der Waals surface area (Å²) in [6, 6.07) is 0.372. The second-order valence-corrected chi connectivity index (χ2v) is 4.34. The molecule has 1 heterocycles. The number of nitrogens with one attached hydrogen (secondary N) is 1. The standard InChI is InChI=1S/C11H23N3O/c1-10(15)13-11-5-8-14(9-11)7-4-2-3-6-12/h11H,2-9,12H2,1H3,(H,13,15). The van der Waals surface area contributed by atoms with Crippen molar-refractivity contribution in [2.45, 2.75) is 38.6 Å². The van der Waals surface area contributed by atoms with Crippen molar-refractivity contribution >= 4 is 5.91 Å². The number of unbranched alkanes of at least 4 members (excludes halogenated alkanes) is 2. The Morgan fingerprint density at radius 1 is 1.47 bits per heavy atom. The van der Waals surface area contributed by atoms with Gasteiger partial charge < -0.3 is 16.0 Å². The van der Waals surface area contributed by atoms with Gasteiger partial charge in [0.25, 0.3) is 0 Å². The van der Waals surface area contributed by atoms with Crippen molar-refractivity contribution < 1.29 is 4.79 Å². The zero-order valence-corrected chi connectivity index (χ0v) is 9.67. The van der Waals surface area contributed by atoms with Crippen molar-refractivity contribution in [2.75, 3.05) is 26.2 Å². The number of amides is 1. The fraction of sp³-hybridized carbons (Fsp3) is 0.909. The Kier molecular flexibility index (Phi) is 5.65. The van der Waals surface area contributed by atoms with Crippen molar-refractivity contribution in [3.8, 4) is 0 Å². The van der Waals surface area contributed by atoms with Crippen LogP contribution in [0, 0.1) is 0 Å². The summed E-state index contributed by atoms with van der Waals surface area (Å²) >= 11 is 0. The summed E-state index contributed by atoms with van der Waals surface area (Å²) in [6.45, 7) is 5.67. The summed E-state index contributed by atoms with van der Waals surface area (Å²) in [5.74, 6) is 0.0879. The molecule has 4 heteroatoms. The molecule has 88 valence electrons. The number of nitrogens with two attached hydrogens (primary N) is 1. The minimum absolute atomic E-state index is 0.0879. The van der Waals surface area contributed by atoms with Crippen LogP contribution < -0.4 is 11.1 Å². The van der Waals surface area contributed by atoms with E-state index in [0.717, 1.165) is 39.0 Å². The number of hydrogen-bond donors (Lipinski definition) is 2. The van der Waals surface area contributed by atoms with E-state index < -0.39 is 0 Å². The van der Waals surface area contributed by atoms with Gasteiger partial charge in [0.1, 0.15) is 0 Å². The molecule has 4 nitrogen and oxygen atoms in total. The molecule has 0 aromatic rings. The molecule has 1 aliphatic heterocycles. The van der Waals surface area contributed by atoms with E-state index in [2.05, 4.69) is 10.2 Å². The van der Waals surface area contributed by atoms with E-state index in [1.54, 1.807) is 6.92 Å². The Labute approximate surface area is 92.2 Å². The Balaban J connectivity index is 2.05. The number of hydrogen-bond acceptors (Lipinski definition) is 3. The van der Waals surface area contributed by atoms with Gasteiger partial charge in [-0.2, -0.15) is 0 Å². The molecule has 1 saturated heterocycles. The second-order valence-electron chi connectivity index (χ2n) is 4.34. The average molecular weight is 213 g/mol. The van der Waals surface area contributed by atoms with Crippen LogP contribution in [0.3, 0.4) is 0 Å². The minimum Gasteiger partial charge on any atom is -0.352 e. The van der Waals surface area contributed by atoms with Crippen LogP contribution in [0.5, 0.6) is 0 Å². The predicted octanol–water partition coefficient (Wildman–Crippen LogP) is 0.326. The predicted molar refractivity (Wildman–Crippen MR) is 61.6 cm³/mol. The molecule has 1 rings (SSSR count). The van der Waals surface area contributed by atoms with Crippen molar-refractivity contribution in [1.82, 2.24) is 10.2 Å². The van der Waals surface area contributed by atoms with E-state index in [4.69, 9.17) is 5.73 Å². The van der Waals surface area contributed by atoms with E-state index in [1.807, 2.05) is 0 Å². The maximum Gasteiger partial charge on any atom is 0.217 e. The number of carbonyl (C=O) groups excluding carboxylic acids is 1. The van der Waals surface area contributed by atoms with E-state index in [-0.39, 0.29) is 5.91 Å². The van der Waals surface area contributed by atoms with Gasteiger partial charge in [-0.3, -0.25) is 4.79 Å². The zero-order valence-electron chi connectivity index (χ0n) is 9.67. The maximum absolute atomic E-state index is 10.9. The molecule has 3 N–H and O–H groups in total. The highest BCUT2D eigenvalue weighted by molar-refractivity contribution is 5.73. The van der Waals surface area contributed by atoms with Crippen molar-refractivity contribution in [2.24, 2.45) is 5.73 Å². The molecule has 1 atom stereocenters. The van der Waals surface area contributed by atoms with Gasteiger partial charge >= 0.3 is 0 Å². The van der Waals surface area contributed by atoms with Gasteiger partial charge in [-0.25, -0.2) is 0 Å². The summed E-state index contributed by atoms with van der Waals surface area (Å²) in [5, 5.41) is 2.97. The van der Waals surface area contributed by atoms with Crippen LogP contribution in [0.1, 0.15) is 32.6 Å². The summed E-state index contributed by atoms with van der Waals surface area (Å²) in [7, 11) is 0. The summed E-state index contributed by atoms with van der Waals surface area (Å²) in [6.07, 6.45) is 4.67. The van der Waals surface area contributed by atoms with E-state index in [9.17, 15) is 4.79 Å². The van der Waals surface area contributed by atoms with E-state index in [1.165, 1.54) is 12.8 Å². The quantitative estimate of drug-likeness (QED) is 0.625. The topological polar surface area (TPSA) is 58.4 Å². The fourth-order valence-corrected chi connectivity index (χ4v) is 2.10. The zero-order chi connectivity index (χ0) is 11.1. The molecule has 0 spiro atoms. The molecular formula is C11H23N3O. The van der Waals surface area contributed by atoms with Crippen LogP contribution in [0.2, 0.25) is 0 Å². The van der Waals surface area contributed by atoms with Crippen molar-refractivity contribution in [3.63, 3.8) is 0 Å². The highest BCUT2D eigenvalue weighted by Gasteiger charge is 2.21. The lowest BCUT2D eigenvalue weighted by Gasteiger charge is -2.15. The first-order valence-corrected chi connectivity index (χ1v) is 5.92. The summed E-state index contributed by atoms with van der Waals surface area (Å²) in [5.41, 5.74) is 5.44. The number of nitrogens with zero attached hydrogens (tertiary/aromatic N) is 1. The van der Waals surface area contributed by atoms with E-state index >= 15 is 0 Å². The van der Waals surface area contributed by atoms with Crippen LogP contribution in [0.25, 0.3) is 0 Å². The van der Waals surface area contributed by atoms with Crippen LogP contribution in [0.15, 0.2) is 0 Å². The summed E-state index contributed by atoms with van der Waals surface area (Å²) in [4.78, 5) is 13.3. The summed E-state index contributed by atoms with van der Waals surface area (Å²) < 4.78 is 0. The highest BCUT2D eigenvalue weighted by Crippen LogP contribution is 2.10. The number of carbonyl (C=O) groups is 1. The van der Waals surface area contributed by atoms with Gasteiger partial charge in [0.05, 0.1) is 0 Å². The Bertz CT molecular complexity index is 196. The van der Waals surface area contributed by atoms with Crippen LogP contribution in [0.4, 0.5) is 0 Å². The van der Waals surface area contributed by atoms with Crippen LogP contribution in [-0.4, -0.2) is 43.0 Å². The molecular weight excluding hydrogens is 190 g/mol. The van der Waals surface area contributed by atoms with Gasteiger partial charge in [-0.15, -0.1) is 0 Å². The van der Waals surface area contributed by atoms with Gasteiger partial charge in [-0.05, 0) is 32.4 Å². The molecule has 0 bridgehead atoms. The molecule has 0 aromatic carbocycles. The molecule has 0 saturated carbocycles. The lowest BCUT2D eigenvalue weighted by atomic mass is 10.2. The van der Waals surface area contributed by atoms with Crippen molar-refractivity contribution in [3.05, 3.63) is 0 Å². The minimum atomic E-state index is 0.0879. The number of likely N-dealkylation sites (tertiary alicyclic amines) is 1. The van der Waals surface area contributed by atoms with Crippen molar-refractivity contribution in [1.29, 1.82) is 0 Å². The first-order valence-electron chi connectivity index (χ1n) is 5.92. The third-order valence-electron chi connectivity index (χ3n) is 2.86. The third kappa shape index (κ3) is 5.14. The first kappa shape index (κ1) is 12.5. The Morgan fingerprint density at radius 3 is 2.93 bits per heavy atom. The molecule has 0 aliphatic carbocycles. The van der Waals surface area contributed by atoms with Crippen LogP contribution >= 0.6 is 0 Å². The first-order chi connectivity index (χ1) is 7.22. The SMILES string of the molecule is CC(=O)NC1CCN(CCCCCN)C1. The molecule has 0 radical (unpaired) electrons. The lowest BCUT2D eigenvalue weighted by Crippen LogP contribution is -2.35. The highest BCUT2D eigenvalue weighted by atomic mass is 16.1. The van der Waals surface area contributed by atoms with Gasteiger partial charge in [0.2, 0.25) is 5.91 Å². The smallest absolute Gasteiger partial charge is 0.217 e. The molecule has 1 aliphatic rings. The second kappa shape index (κ2) is 6.80. The van der Waals surface area contributed by atoms with Gasteiger partial charge in [0, 0.05) is 26.1 Å². The van der Waals surface area contributed by atoms with Crippen LogP contribution in [-0.2, 0) is 4.79 Å². The number of rotatable bonds is 6. The largest absolute Gasteiger partial charge is 0.352 e.